The first kappa shape index (κ1) is 21.0. The van der Waals surface area contributed by atoms with Gasteiger partial charge in [0, 0.05) is 32.0 Å². The van der Waals surface area contributed by atoms with E-state index in [2.05, 4.69) is 27.8 Å². The molecule has 2 unspecified atom stereocenters. The molecule has 2 atom stereocenters. The standard InChI is InChI=1S/C19H26N4O3S/c1-2-9-20-18(26)13-27-19-22-15(12-17(25)23-19)11-16(24)21-10-8-14-6-4-3-5-7-14/h2-7,15,19,22H,1,8-13H2,(H,20,26)(H,21,24)(H,23,25). The molecule has 1 heterocycles. The summed E-state index contributed by atoms with van der Waals surface area (Å²) in [5.74, 6) is -0.135. The minimum absolute atomic E-state index is 0.0920. The molecule has 27 heavy (non-hydrogen) atoms. The summed E-state index contributed by atoms with van der Waals surface area (Å²) in [6, 6.07) is 9.69. The van der Waals surface area contributed by atoms with E-state index < -0.39 is 0 Å². The number of nitrogens with one attached hydrogen (secondary N) is 4. The van der Waals surface area contributed by atoms with Crippen molar-refractivity contribution in [2.24, 2.45) is 0 Å². The minimum Gasteiger partial charge on any atom is -0.356 e. The van der Waals surface area contributed by atoms with Gasteiger partial charge < -0.3 is 16.0 Å². The van der Waals surface area contributed by atoms with Gasteiger partial charge in [-0.2, -0.15) is 0 Å². The summed E-state index contributed by atoms with van der Waals surface area (Å²) < 4.78 is 0. The van der Waals surface area contributed by atoms with Crippen LogP contribution in [0.1, 0.15) is 18.4 Å². The Kier molecular flexibility index (Phi) is 8.86. The van der Waals surface area contributed by atoms with Gasteiger partial charge in [-0.05, 0) is 12.0 Å². The Bertz CT molecular complexity index is 654. The molecular weight excluding hydrogens is 364 g/mol. The van der Waals surface area contributed by atoms with Gasteiger partial charge in [0.1, 0.15) is 5.50 Å². The summed E-state index contributed by atoms with van der Waals surface area (Å²) in [4.78, 5) is 35.6. The fraction of sp³-hybridized carbons (Fsp3) is 0.421. The van der Waals surface area contributed by atoms with Crippen LogP contribution in [-0.4, -0.2) is 48.1 Å². The second-order valence-corrected chi connectivity index (χ2v) is 7.30. The average molecular weight is 391 g/mol. The van der Waals surface area contributed by atoms with Crippen LogP contribution in [0, 0.1) is 0 Å². The lowest BCUT2D eigenvalue weighted by atomic mass is 10.1. The lowest BCUT2D eigenvalue weighted by Crippen LogP contribution is -2.56. The lowest BCUT2D eigenvalue weighted by Gasteiger charge is -2.30. The molecule has 0 saturated carbocycles. The predicted molar refractivity (Wildman–Crippen MR) is 107 cm³/mol. The van der Waals surface area contributed by atoms with Crippen molar-refractivity contribution in [3.63, 3.8) is 0 Å². The smallest absolute Gasteiger partial charge is 0.230 e. The highest BCUT2D eigenvalue weighted by Crippen LogP contribution is 2.13. The van der Waals surface area contributed by atoms with Gasteiger partial charge in [0.2, 0.25) is 17.7 Å². The van der Waals surface area contributed by atoms with Gasteiger partial charge in [-0.1, -0.05) is 36.4 Å². The molecular formula is C19H26N4O3S. The van der Waals surface area contributed by atoms with Crippen LogP contribution in [0.4, 0.5) is 0 Å². The summed E-state index contributed by atoms with van der Waals surface area (Å²) in [7, 11) is 0. The zero-order valence-corrected chi connectivity index (χ0v) is 16.0. The average Bonchev–Trinajstić information content (AvgIpc) is 2.65. The first-order valence-corrected chi connectivity index (χ1v) is 9.97. The van der Waals surface area contributed by atoms with Crippen molar-refractivity contribution in [1.82, 2.24) is 21.3 Å². The van der Waals surface area contributed by atoms with E-state index >= 15 is 0 Å². The minimum atomic E-state index is -0.386. The number of hydrogen-bond donors (Lipinski definition) is 4. The van der Waals surface area contributed by atoms with E-state index in [1.54, 1.807) is 6.08 Å². The van der Waals surface area contributed by atoms with Crippen LogP contribution in [0.2, 0.25) is 0 Å². The lowest BCUT2D eigenvalue weighted by molar-refractivity contribution is -0.125. The zero-order valence-electron chi connectivity index (χ0n) is 15.2. The van der Waals surface area contributed by atoms with E-state index in [1.807, 2.05) is 30.3 Å². The van der Waals surface area contributed by atoms with Gasteiger partial charge in [-0.3, -0.25) is 19.7 Å². The fourth-order valence-corrected chi connectivity index (χ4v) is 3.57. The SMILES string of the molecule is C=CCNC(=O)CSC1NC(=O)CC(CC(=O)NCCc2ccccc2)N1. The molecule has 0 bridgehead atoms. The summed E-state index contributed by atoms with van der Waals surface area (Å²) in [6.45, 7) is 4.51. The Morgan fingerprint density at radius 3 is 2.74 bits per heavy atom. The van der Waals surface area contributed by atoms with E-state index in [0.29, 0.717) is 13.1 Å². The summed E-state index contributed by atoms with van der Waals surface area (Å²) in [6.07, 6.45) is 2.84. The van der Waals surface area contributed by atoms with E-state index in [4.69, 9.17) is 0 Å². The van der Waals surface area contributed by atoms with Crippen molar-refractivity contribution in [1.29, 1.82) is 0 Å². The van der Waals surface area contributed by atoms with E-state index in [9.17, 15) is 14.4 Å². The number of carbonyl (C=O) groups excluding carboxylic acids is 3. The first-order valence-electron chi connectivity index (χ1n) is 8.92. The predicted octanol–water partition coefficient (Wildman–Crippen LogP) is 0.533. The Balaban J connectivity index is 1.69. The molecule has 1 aromatic carbocycles. The second-order valence-electron chi connectivity index (χ2n) is 6.21. The first-order chi connectivity index (χ1) is 13.1. The molecule has 1 saturated heterocycles. The number of rotatable bonds is 10. The van der Waals surface area contributed by atoms with Crippen molar-refractivity contribution >= 4 is 29.5 Å². The molecule has 1 aliphatic rings. The highest BCUT2D eigenvalue weighted by Gasteiger charge is 2.27. The molecule has 0 spiro atoms. The monoisotopic (exact) mass is 390 g/mol. The molecule has 3 amide bonds. The summed E-state index contributed by atoms with van der Waals surface area (Å²) in [5.41, 5.74) is 0.780. The normalized spacial score (nSPS) is 19.0. The molecule has 4 N–H and O–H groups in total. The van der Waals surface area contributed by atoms with Gasteiger partial charge in [0.05, 0.1) is 5.75 Å². The maximum atomic E-state index is 12.1. The van der Waals surface area contributed by atoms with Crippen LogP contribution >= 0.6 is 11.8 Å². The Morgan fingerprint density at radius 2 is 2.00 bits per heavy atom. The molecule has 1 aromatic rings. The molecule has 0 aliphatic carbocycles. The number of amides is 3. The van der Waals surface area contributed by atoms with Gasteiger partial charge in [0.15, 0.2) is 0 Å². The number of carbonyl (C=O) groups is 3. The quantitative estimate of drug-likeness (QED) is 0.437. The van der Waals surface area contributed by atoms with Crippen LogP contribution in [0.5, 0.6) is 0 Å². The van der Waals surface area contributed by atoms with Gasteiger partial charge in [0.25, 0.3) is 0 Å². The van der Waals surface area contributed by atoms with Gasteiger partial charge >= 0.3 is 0 Å². The van der Waals surface area contributed by atoms with Crippen LogP contribution < -0.4 is 21.3 Å². The molecule has 2 rings (SSSR count). The fourth-order valence-electron chi connectivity index (χ4n) is 2.65. The van der Waals surface area contributed by atoms with E-state index in [-0.39, 0.29) is 47.9 Å². The van der Waals surface area contributed by atoms with Crippen LogP contribution in [0.25, 0.3) is 0 Å². The number of benzene rings is 1. The largest absolute Gasteiger partial charge is 0.356 e. The van der Waals surface area contributed by atoms with Gasteiger partial charge in [-0.25, -0.2) is 0 Å². The van der Waals surface area contributed by atoms with Crippen molar-refractivity contribution in [3.8, 4) is 0 Å². The third-order valence-corrected chi connectivity index (χ3v) is 4.96. The third-order valence-electron chi connectivity index (χ3n) is 3.95. The molecule has 0 aromatic heterocycles. The maximum Gasteiger partial charge on any atom is 0.230 e. The molecule has 1 fully saturated rings. The summed E-state index contributed by atoms with van der Waals surface area (Å²) >= 11 is 1.28. The van der Waals surface area contributed by atoms with E-state index in [0.717, 1.165) is 6.42 Å². The van der Waals surface area contributed by atoms with Crippen LogP contribution in [-0.2, 0) is 20.8 Å². The third kappa shape index (κ3) is 8.27. The van der Waals surface area contributed by atoms with Gasteiger partial charge in [-0.15, -0.1) is 18.3 Å². The molecule has 146 valence electrons. The van der Waals surface area contributed by atoms with Crippen molar-refractivity contribution in [3.05, 3.63) is 48.6 Å². The Labute approximate surface area is 163 Å². The van der Waals surface area contributed by atoms with Crippen LogP contribution in [0.3, 0.4) is 0 Å². The molecule has 0 radical (unpaired) electrons. The van der Waals surface area contributed by atoms with E-state index in [1.165, 1.54) is 17.3 Å². The van der Waals surface area contributed by atoms with Crippen molar-refractivity contribution in [2.75, 3.05) is 18.8 Å². The number of hydrogen-bond acceptors (Lipinski definition) is 5. The molecule has 7 nitrogen and oxygen atoms in total. The molecule has 1 aliphatic heterocycles. The van der Waals surface area contributed by atoms with Crippen LogP contribution in [0.15, 0.2) is 43.0 Å². The summed E-state index contributed by atoms with van der Waals surface area (Å²) in [5, 5.41) is 11.6. The zero-order chi connectivity index (χ0) is 19.5. The highest BCUT2D eigenvalue weighted by molar-refractivity contribution is 8.00. The second kappa shape index (κ2) is 11.4. The highest BCUT2D eigenvalue weighted by atomic mass is 32.2. The Hall–Kier alpha value is -2.32. The molecule has 8 heteroatoms. The topological polar surface area (TPSA) is 99.3 Å². The number of thioether (sulfide) groups is 1. The maximum absolute atomic E-state index is 12.1. The Morgan fingerprint density at radius 1 is 1.22 bits per heavy atom. The van der Waals surface area contributed by atoms with Crippen molar-refractivity contribution < 1.29 is 14.4 Å². The van der Waals surface area contributed by atoms with Crippen molar-refractivity contribution in [2.45, 2.75) is 30.8 Å².